The maximum absolute atomic E-state index is 11.6. The van der Waals surface area contributed by atoms with Gasteiger partial charge in [0.2, 0.25) is 5.91 Å². The summed E-state index contributed by atoms with van der Waals surface area (Å²) < 4.78 is 0. The average Bonchev–Trinajstić information content (AvgIpc) is 2.09. The Kier molecular flexibility index (Phi) is 6.49. The van der Waals surface area contributed by atoms with Crippen molar-refractivity contribution in [3.8, 4) is 0 Å². The molecular formula is C10H21NO3. The van der Waals surface area contributed by atoms with Crippen molar-refractivity contribution in [2.75, 3.05) is 13.2 Å². The summed E-state index contributed by atoms with van der Waals surface area (Å²) in [5, 5.41) is 17.8. The second-order valence-electron chi connectivity index (χ2n) is 3.79. The van der Waals surface area contributed by atoms with Gasteiger partial charge in [-0.2, -0.15) is 0 Å². The third-order valence-electron chi connectivity index (χ3n) is 2.06. The van der Waals surface area contributed by atoms with E-state index in [1.54, 1.807) is 11.8 Å². The monoisotopic (exact) mass is 203 g/mol. The molecule has 1 atom stereocenters. The number of rotatable bonds is 6. The first-order valence-corrected chi connectivity index (χ1v) is 5.07. The topological polar surface area (TPSA) is 60.8 Å². The third kappa shape index (κ3) is 5.19. The molecule has 0 aliphatic heterocycles. The molecule has 0 aromatic heterocycles. The van der Waals surface area contributed by atoms with Crippen LogP contribution >= 0.6 is 0 Å². The molecule has 4 heteroatoms. The Labute approximate surface area is 85.5 Å². The molecule has 1 unspecified atom stereocenters. The molecule has 0 aliphatic carbocycles. The number of hydrogen-bond acceptors (Lipinski definition) is 3. The van der Waals surface area contributed by atoms with E-state index in [1.807, 2.05) is 13.8 Å². The van der Waals surface area contributed by atoms with E-state index in [1.165, 1.54) is 0 Å². The highest BCUT2D eigenvalue weighted by Gasteiger charge is 2.16. The van der Waals surface area contributed by atoms with E-state index in [0.29, 0.717) is 19.4 Å². The Bertz CT molecular complexity index is 169. The van der Waals surface area contributed by atoms with Crippen LogP contribution in [0.25, 0.3) is 0 Å². The van der Waals surface area contributed by atoms with Crippen LogP contribution < -0.4 is 0 Å². The quantitative estimate of drug-likeness (QED) is 0.656. The molecule has 4 nitrogen and oxygen atoms in total. The lowest BCUT2D eigenvalue weighted by Crippen LogP contribution is -2.39. The fourth-order valence-electron chi connectivity index (χ4n) is 1.25. The van der Waals surface area contributed by atoms with Gasteiger partial charge in [-0.05, 0) is 27.2 Å². The number of aliphatic hydroxyl groups is 2. The number of aliphatic hydroxyl groups excluding tert-OH is 2. The van der Waals surface area contributed by atoms with E-state index in [0.717, 1.165) is 0 Å². The predicted octanol–water partition coefficient (Wildman–Crippen LogP) is 0.377. The van der Waals surface area contributed by atoms with Gasteiger partial charge in [0.25, 0.3) is 0 Å². The summed E-state index contributed by atoms with van der Waals surface area (Å²) in [4.78, 5) is 13.2. The van der Waals surface area contributed by atoms with Gasteiger partial charge in [0, 0.05) is 19.0 Å². The number of nitrogens with zero attached hydrogens (tertiary/aromatic N) is 1. The van der Waals surface area contributed by atoms with Gasteiger partial charge in [-0.15, -0.1) is 0 Å². The summed E-state index contributed by atoms with van der Waals surface area (Å²) in [5.74, 6) is -0.00468. The van der Waals surface area contributed by atoms with E-state index in [2.05, 4.69) is 0 Å². The van der Waals surface area contributed by atoms with Gasteiger partial charge in [0.15, 0.2) is 0 Å². The van der Waals surface area contributed by atoms with Crippen LogP contribution in [0.4, 0.5) is 0 Å². The van der Waals surface area contributed by atoms with Gasteiger partial charge >= 0.3 is 0 Å². The summed E-state index contributed by atoms with van der Waals surface area (Å²) >= 11 is 0. The van der Waals surface area contributed by atoms with Crippen LogP contribution in [0.1, 0.15) is 33.6 Å². The molecule has 1 amide bonds. The number of hydrogen-bond donors (Lipinski definition) is 2. The van der Waals surface area contributed by atoms with Gasteiger partial charge in [0.05, 0.1) is 12.7 Å². The summed E-state index contributed by atoms with van der Waals surface area (Å²) in [6.07, 6.45) is 0.380. The number of carbonyl (C=O) groups is 1. The van der Waals surface area contributed by atoms with Gasteiger partial charge < -0.3 is 15.1 Å². The first-order chi connectivity index (χ1) is 6.49. The second-order valence-corrected chi connectivity index (χ2v) is 3.79. The Morgan fingerprint density at radius 2 is 1.93 bits per heavy atom. The van der Waals surface area contributed by atoms with Crippen LogP contribution in [0.5, 0.6) is 0 Å². The van der Waals surface area contributed by atoms with Crippen LogP contribution in [0, 0.1) is 0 Å². The Morgan fingerprint density at radius 3 is 2.29 bits per heavy atom. The molecule has 0 rings (SSSR count). The van der Waals surface area contributed by atoms with Gasteiger partial charge in [0.1, 0.15) is 0 Å². The maximum Gasteiger partial charge on any atom is 0.222 e. The fraction of sp³-hybridized carbons (Fsp3) is 0.900. The van der Waals surface area contributed by atoms with Crippen molar-refractivity contribution in [1.29, 1.82) is 0 Å². The summed E-state index contributed by atoms with van der Waals surface area (Å²) in [7, 11) is 0. The van der Waals surface area contributed by atoms with Crippen molar-refractivity contribution >= 4 is 5.91 Å². The standard InChI is InChI=1S/C10H21NO3/c1-8(2)11(6-7-12)10(14)5-4-9(3)13/h8-9,12-13H,4-7H2,1-3H3. The van der Waals surface area contributed by atoms with Crippen molar-refractivity contribution in [1.82, 2.24) is 4.90 Å². The van der Waals surface area contributed by atoms with Crippen LogP contribution in [-0.4, -0.2) is 46.3 Å². The van der Waals surface area contributed by atoms with E-state index in [9.17, 15) is 4.79 Å². The lowest BCUT2D eigenvalue weighted by Gasteiger charge is -2.26. The molecule has 0 bridgehead atoms. The number of amides is 1. The second kappa shape index (κ2) is 6.79. The van der Waals surface area contributed by atoms with E-state index < -0.39 is 6.10 Å². The molecule has 0 aromatic carbocycles. The first-order valence-electron chi connectivity index (χ1n) is 5.07. The molecule has 0 spiro atoms. The Balaban J connectivity index is 4.02. The first kappa shape index (κ1) is 13.4. The third-order valence-corrected chi connectivity index (χ3v) is 2.06. The lowest BCUT2D eigenvalue weighted by molar-refractivity contribution is -0.134. The van der Waals surface area contributed by atoms with Gasteiger partial charge in [-0.1, -0.05) is 0 Å². The van der Waals surface area contributed by atoms with Crippen molar-refractivity contribution < 1.29 is 15.0 Å². The molecule has 2 N–H and O–H groups in total. The van der Waals surface area contributed by atoms with Crippen LogP contribution in [-0.2, 0) is 4.79 Å². The molecule has 0 aromatic rings. The normalized spacial score (nSPS) is 13.0. The molecule has 84 valence electrons. The van der Waals surface area contributed by atoms with Gasteiger partial charge in [-0.3, -0.25) is 4.79 Å². The maximum atomic E-state index is 11.6. The van der Waals surface area contributed by atoms with Crippen molar-refractivity contribution in [2.24, 2.45) is 0 Å². The minimum absolute atomic E-state index is 0.00468. The summed E-state index contributed by atoms with van der Waals surface area (Å²) in [6, 6.07) is 0.101. The zero-order valence-corrected chi connectivity index (χ0v) is 9.23. The van der Waals surface area contributed by atoms with E-state index in [-0.39, 0.29) is 18.6 Å². The average molecular weight is 203 g/mol. The minimum atomic E-state index is -0.443. The molecule has 0 saturated carbocycles. The highest BCUT2D eigenvalue weighted by molar-refractivity contribution is 5.76. The van der Waals surface area contributed by atoms with Crippen molar-refractivity contribution in [3.63, 3.8) is 0 Å². The Hall–Kier alpha value is -0.610. The smallest absolute Gasteiger partial charge is 0.222 e. The van der Waals surface area contributed by atoms with Crippen molar-refractivity contribution in [2.45, 2.75) is 45.8 Å². The van der Waals surface area contributed by atoms with Crippen LogP contribution in [0.2, 0.25) is 0 Å². The van der Waals surface area contributed by atoms with Crippen molar-refractivity contribution in [3.05, 3.63) is 0 Å². The molecule has 0 radical (unpaired) electrons. The lowest BCUT2D eigenvalue weighted by atomic mass is 10.2. The fourth-order valence-corrected chi connectivity index (χ4v) is 1.25. The summed E-state index contributed by atoms with van der Waals surface area (Å²) in [5.41, 5.74) is 0. The highest BCUT2D eigenvalue weighted by atomic mass is 16.3. The Morgan fingerprint density at radius 1 is 1.36 bits per heavy atom. The zero-order chi connectivity index (χ0) is 11.1. The SMILES string of the molecule is CC(O)CCC(=O)N(CCO)C(C)C. The molecular weight excluding hydrogens is 182 g/mol. The molecule has 0 heterocycles. The molecule has 0 aliphatic rings. The minimum Gasteiger partial charge on any atom is -0.395 e. The summed E-state index contributed by atoms with van der Waals surface area (Å²) in [6.45, 7) is 5.85. The molecule has 14 heavy (non-hydrogen) atoms. The highest BCUT2D eigenvalue weighted by Crippen LogP contribution is 2.05. The van der Waals surface area contributed by atoms with E-state index in [4.69, 9.17) is 10.2 Å². The molecule has 0 fully saturated rings. The van der Waals surface area contributed by atoms with Crippen LogP contribution in [0.3, 0.4) is 0 Å². The number of carbonyl (C=O) groups excluding carboxylic acids is 1. The zero-order valence-electron chi connectivity index (χ0n) is 9.23. The van der Waals surface area contributed by atoms with Gasteiger partial charge in [-0.25, -0.2) is 0 Å². The van der Waals surface area contributed by atoms with E-state index >= 15 is 0 Å². The largest absolute Gasteiger partial charge is 0.395 e. The predicted molar refractivity (Wildman–Crippen MR) is 54.8 cm³/mol. The molecule has 0 saturated heterocycles. The van der Waals surface area contributed by atoms with Crippen LogP contribution in [0.15, 0.2) is 0 Å².